The molecule has 4 aromatic heterocycles. The average molecular weight is 703 g/mol. The fourth-order valence-corrected chi connectivity index (χ4v) is 7.88. The molecule has 0 radical (unpaired) electrons. The number of benzene rings is 7. The average Bonchev–Trinajstić information content (AvgIpc) is 3.61. The monoisotopic (exact) mass is 702 g/mol. The minimum Gasteiger partial charge on any atom is -0.309 e. The summed E-state index contributed by atoms with van der Waals surface area (Å²) in [5, 5.41) is 7.40. The Hall–Kier alpha value is -7.57. The van der Waals surface area contributed by atoms with Crippen LogP contribution in [0.2, 0.25) is 0 Å². The van der Waals surface area contributed by atoms with Crippen LogP contribution < -0.4 is 0 Å². The molecule has 0 saturated heterocycles. The Morgan fingerprint density at radius 1 is 0.309 bits per heavy atom. The van der Waals surface area contributed by atoms with Crippen LogP contribution in [0.4, 0.5) is 0 Å². The van der Waals surface area contributed by atoms with Crippen LogP contribution in [0.3, 0.4) is 0 Å². The zero-order valence-electron chi connectivity index (χ0n) is 29.5. The maximum absolute atomic E-state index is 5.07. The van der Waals surface area contributed by atoms with Crippen LogP contribution >= 0.6 is 0 Å². The highest BCUT2D eigenvalue weighted by Crippen LogP contribution is 2.39. The number of rotatable bonds is 6. The van der Waals surface area contributed by atoms with Gasteiger partial charge in [0.05, 0.1) is 11.0 Å². The second-order valence-corrected chi connectivity index (χ2v) is 13.8. The van der Waals surface area contributed by atoms with E-state index in [1.54, 1.807) is 0 Å². The lowest BCUT2D eigenvalue weighted by Gasteiger charge is -2.12. The zero-order valence-corrected chi connectivity index (χ0v) is 29.5. The number of hydrogen-bond acceptors (Lipinski definition) is 5. The Morgan fingerprint density at radius 2 is 0.709 bits per heavy atom. The normalized spacial score (nSPS) is 11.6. The van der Waals surface area contributed by atoms with Gasteiger partial charge in [0.2, 0.25) is 0 Å². The first-order valence-electron chi connectivity index (χ1n) is 18.3. The van der Waals surface area contributed by atoms with E-state index in [2.05, 4.69) is 148 Å². The van der Waals surface area contributed by atoms with Crippen molar-refractivity contribution in [1.82, 2.24) is 29.5 Å². The van der Waals surface area contributed by atoms with Crippen LogP contribution in [-0.4, -0.2) is 29.5 Å². The molecule has 0 saturated carbocycles. The molecule has 55 heavy (non-hydrogen) atoms. The van der Waals surface area contributed by atoms with E-state index in [1.165, 1.54) is 32.6 Å². The molecule has 0 aliphatic rings. The summed E-state index contributed by atoms with van der Waals surface area (Å²) in [6.45, 7) is 0. The minimum absolute atomic E-state index is 0.617. The molecule has 7 aromatic carbocycles. The quantitative estimate of drug-likeness (QED) is 0.161. The molecule has 0 fully saturated rings. The summed E-state index contributed by atoms with van der Waals surface area (Å²) in [7, 11) is 0. The Labute approximate surface area is 316 Å². The van der Waals surface area contributed by atoms with Gasteiger partial charge in [0, 0.05) is 57.9 Å². The van der Waals surface area contributed by atoms with Crippen molar-refractivity contribution < 1.29 is 0 Å². The maximum atomic E-state index is 5.07. The fraction of sp³-hybridized carbons (Fsp3) is 0. The SMILES string of the molecule is c1cc2ccc3cccc4c3c2c(c1)n4-c1ccc2cc(-c3nc(-c4ccc(-c5ccncc5)cc4)nc(-c4ccc(-c5ccncc5)cc4)n3)ccc2c1. The van der Waals surface area contributed by atoms with E-state index in [1.807, 2.05) is 49.1 Å². The van der Waals surface area contributed by atoms with E-state index in [-0.39, 0.29) is 0 Å². The molecule has 0 N–H and O–H groups in total. The number of aromatic nitrogens is 6. The fourth-order valence-electron chi connectivity index (χ4n) is 7.88. The topological polar surface area (TPSA) is 69.4 Å². The predicted molar refractivity (Wildman–Crippen MR) is 223 cm³/mol. The van der Waals surface area contributed by atoms with Crippen molar-refractivity contribution in [3.8, 4) is 62.1 Å². The molecule has 0 atom stereocenters. The second-order valence-electron chi connectivity index (χ2n) is 13.8. The van der Waals surface area contributed by atoms with Gasteiger partial charge in [-0.3, -0.25) is 9.97 Å². The molecule has 0 aliphatic carbocycles. The molecule has 6 nitrogen and oxygen atoms in total. The highest BCUT2D eigenvalue weighted by molar-refractivity contribution is 6.24. The summed E-state index contributed by atoms with van der Waals surface area (Å²) in [6, 6.07) is 55.5. The number of nitrogens with zero attached hydrogens (tertiary/aromatic N) is 6. The number of fused-ring (bicyclic) bond motifs is 1. The molecular formula is C49H30N6. The van der Waals surface area contributed by atoms with Gasteiger partial charge < -0.3 is 4.57 Å². The number of pyridine rings is 2. The van der Waals surface area contributed by atoms with Gasteiger partial charge >= 0.3 is 0 Å². The summed E-state index contributed by atoms with van der Waals surface area (Å²) in [4.78, 5) is 23.5. The number of hydrogen-bond donors (Lipinski definition) is 0. The molecule has 6 heteroatoms. The van der Waals surface area contributed by atoms with Crippen LogP contribution in [0, 0.1) is 0 Å². The lowest BCUT2D eigenvalue weighted by Crippen LogP contribution is -2.00. The smallest absolute Gasteiger partial charge is 0.164 e. The van der Waals surface area contributed by atoms with Gasteiger partial charge in [0.1, 0.15) is 0 Å². The zero-order chi connectivity index (χ0) is 36.3. The first-order valence-corrected chi connectivity index (χ1v) is 18.3. The highest BCUT2D eigenvalue weighted by Gasteiger charge is 2.17. The summed E-state index contributed by atoms with van der Waals surface area (Å²) in [5.74, 6) is 1.86. The van der Waals surface area contributed by atoms with Crippen molar-refractivity contribution in [3.63, 3.8) is 0 Å². The van der Waals surface area contributed by atoms with Gasteiger partial charge in [-0.2, -0.15) is 0 Å². The molecule has 11 aromatic rings. The van der Waals surface area contributed by atoms with Crippen LogP contribution in [0.5, 0.6) is 0 Å². The summed E-state index contributed by atoms with van der Waals surface area (Å²) >= 11 is 0. The van der Waals surface area contributed by atoms with E-state index in [0.29, 0.717) is 17.5 Å². The van der Waals surface area contributed by atoms with Gasteiger partial charge in [0.15, 0.2) is 17.5 Å². The van der Waals surface area contributed by atoms with Crippen LogP contribution in [-0.2, 0) is 0 Å². The molecule has 0 spiro atoms. The van der Waals surface area contributed by atoms with E-state index >= 15 is 0 Å². The minimum atomic E-state index is 0.617. The van der Waals surface area contributed by atoms with Gasteiger partial charge in [-0.1, -0.05) is 103 Å². The van der Waals surface area contributed by atoms with Crippen molar-refractivity contribution >= 4 is 43.4 Å². The van der Waals surface area contributed by atoms with Crippen molar-refractivity contribution in [1.29, 1.82) is 0 Å². The second kappa shape index (κ2) is 12.5. The van der Waals surface area contributed by atoms with E-state index in [9.17, 15) is 0 Å². The molecule has 0 aliphatic heterocycles. The molecule has 0 amide bonds. The lowest BCUT2D eigenvalue weighted by atomic mass is 10.0. The van der Waals surface area contributed by atoms with Gasteiger partial charge in [-0.15, -0.1) is 0 Å². The van der Waals surface area contributed by atoms with Crippen LogP contribution in [0.25, 0.3) is 105 Å². The summed E-state index contributed by atoms with van der Waals surface area (Å²) in [6.07, 6.45) is 7.24. The third kappa shape index (κ3) is 5.31. The highest BCUT2D eigenvalue weighted by atomic mass is 15.0. The van der Waals surface area contributed by atoms with Crippen LogP contribution in [0.1, 0.15) is 0 Å². The van der Waals surface area contributed by atoms with Gasteiger partial charge in [-0.05, 0) is 98.4 Å². The predicted octanol–water partition coefficient (Wildman–Crippen LogP) is 11.8. The molecule has 11 rings (SSSR count). The van der Waals surface area contributed by atoms with Crippen LogP contribution in [0.15, 0.2) is 183 Å². The Morgan fingerprint density at radius 3 is 1.24 bits per heavy atom. The Balaban J connectivity index is 1.01. The van der Waals surface area contributed by atoms with Crippen molar-refractivity contribution in [2.24, 2.45) is 0 Å². The van der Waals surface area contributed by atoms with Crippen molar-refractivity contribution in [3.05, 3.63) is 183 Å². The van der Waals surface area contributed by atoms with Crippen molar-refractivity contribution in [2.75, 3.05) is 0 Å². The van der Waals surface area contributed by atoms with E-state index in [0.717, 1.165) is 55.4 Å². The lowest BCUT2D eigenvalue weighted by molar-refractivity contribution is 1.07. The van der Waals surface area contributed by atoms with E-state index < -0.39 is 0 Å². The maximum Gasteiger partial charge on any atom is 0.164 e. The Kier molecular flexibility index (Phi) is 7.07. The first-order chi connectivity index (χ1) is 27.2. The largest absolute Gasteiger partial charge is 0.309 e. The molecule has 256 valence electrons. The van der Waals surface area contributed by atoms with Gasteiger partial charge in [0.25, 0.3) is 0 Å². The summed E-state index contributed by atoms with van der Waals surface area (Å²) in [5.41, 5.74) is 10.7. The molecule has 0 unspecified atom stereocenters. The third-order valence-corrected chi connectivity index (χ3v) is 10.6. The summed E-state index contributed by atoms with van der Waals surface area (Å²) < 4.78 is 2.39. The standard InChI is InChI=1S/C49H30N6/c1-3-35-11-12-36-4-2-6-44-46(36)45(35)43(5-1)55(44)42-20-19-39-29-41(18-17-40(39)30-42)49-53-47(37-13-7-31(8-14-37)33-21-25-50-26-22-33)52-48(54-49)38-15-9-32(10-16-38)34-23-27-51-28-24-34/h1-30H. The first kappa shape index (κ1) is 31.0. The third-order valence-electron chi connectivity index (χ3n) is 10.6. The Bertz CT molecular complexity index is 3000. The van der Waals surface area contributed by atoms with E-state index in [4.69, 9.17) is 15.0 Å². The molecule has 0 bridgehead atoms. The molecule has 4 heterocycles. The van der Waals surface area contributed by atoms with Crippen molar-refractivity contribution in [2.45, 2.75) is 0 Å². The van der Waals surface area contributed by atoms with Gasteiger partial charge in [-0.25, -0.2) is 15.0 Å². The molecular weight excluding hydrogens is 673 g/mol.